The zero-order valence-corrected chi connectivity index (χ0v) is 50.2. The van der Waals surface area contributed by atoms with Crippen LogP contribution >= 0.6 is 0 Å². The average molecular weight is 1100 g/mol. The maximum absolute atomic E-state index is 13.3. The van der Waals surface area contributed by atoms with Gasteiger partial charge in [0.2, 0.25) is 0 Å². The maximum atomic E-state index is 13.3. The monoisotopic (exact) mass is 1090 g/mol. The van der Waals surface area contributed by atoms with Gasteiger partial charge in [-0.25, -0.2) is 14.7 Å². The molecule has 10 rings (SSSR count). The minimum absolute atomic E-state index is 0.0289. The normalized spacial score (nSPS) is 15.5. The number of rotatable bonds is 19. The number of carbonyl (C=O) groups excluding carboxylic acids is 2. The fraction of sp³-hybridized carbons (Fsp3) is 0.400. The summed E-state index contributed by atoms with van der Waals surface area (Å²) in [7, 11) is 2.57. The summed E-state index contributed by atoms with van der Waals surface area (Å²) in [6, 6.07) is 46.5. The Kier molecular flexibility index (Phi) is 19.0. The van der Waals surface area contributed by atoms with E-state index in [1.807, 2.05) is 45.0 Å². The van der Waals surface area contributed by atoms with E-state index in [2.05, 4.69) is 196 Å². The molecule has 0 bridgehead atoms. The molecule has 11 heteroatoms. The molecule has 2 heterocycles. The van der Waals surface area contributed by atoms with E-state index in [9.17, 15) is 14.8 Å². The standard InChI is InChI=1S/C35H42N2O3.C34H40N2O3.CH4O/c1-22(2)28-9-8-10-29(19-28)24(4)36-34(38)30-13-16-33-32(20-30)23(3)25(5)37(33)21-27-11-14-31(15-12-27)35(17-18-35)26(6)40-39-7;1-21(2)27-8-7-9-28(18-27)23(4)35-33(37)29-12-15-32-31(19-29)22(3)24(5)36(32)20-26-10-13-30(14-11-26)34(16-17-34)25(6)39-38;1-2/h8-16,19-20,22,24,26H,17-18,21H2,1-7H3,(H,36,38);7-15,18-19,21,23,25,38H,16-17,20H2,1-6H3,(H,35,37);2H,1H3/t24-,26?;23-,25?;/m00./s1. The van der Waals surface area contributed by atoms with Crippen LogP contribution in [-0.2, 0) is 38.6 Å². The number of nitrogens with zero attached hydrogens (tertiary/aromatic N) is 2. The van der Waals surface area contributed by atoms with Crippen LogP contribution in [-0.4, -0.2) is 57.7 Å². The molecule has 0 spiro atoms. The van der Waals surface area contributed by atoms with Crippen molar-refractivity contribution in [3.8, 4) is 0 Å². The summed E-state index contributed by atoms with van der Waals surface area (Å²) in [5, 5.41) is 24.8. The second-order valence-electron chi connectivity index (χ2n) is 23.5. The molecule has 2 saturated carbocycles. The van der Waals surface area contributed by atoms with E-state index < -0.39 is 0 Å². The van der Waals surface area contributed by atoms with Crippen molar-refractivity contribution < 1.29 is 34.6 Å². The van der Waals surface area contributed by atoms with E-state index in [0.29, 0.717) is 23.0 Å². The number of hydrogen-bond donors (Lipinski definition) is 4. The summed E-state index contributed by atoms with van der Waals surface area (Å²) in [5.74, 6) is 0.788. The third kappa shape index (κ3) is 12.8. The average Bonchev–Trinajstić information content (AvgIpc) is 4.57. The maximum Gasteiger partial charge on any atom is 0.251 e. The number of nitrogens with one attached hydrogen (secondary N) is 2. The molecule has 6 aromatic carbocycles. The third-order valence-corrected chi connectivity index (χ3v) is 17.9. The Morgan fingerprint density at radius 1 is 0.519 bits per heavy atom. The molecule has 11 nitrogen and oxygen atoms in total. The van der Waals surface area contributed by atoms with Gasteiger partial charge in [0.05, 0.1) is 31.4 Å². The molecular weight excluding hydrogens is 1010 g/mol. The predicted molar refractivity (Wildman–Crippen MR) is 327 cm³/mol. The number of aliphatic hydroxyl groups is 1. The Morgan fingerprint density at radius 2 is 0.889 bits per heavy atom. The first-order valence-corrected chi connectivity index (χ1v) is 28.9. The molecule has 8 aromatic rings. The number of benzene rings is 6. The van der Waals surface area contributed by atoms with E-state index in [0.717, 1.165) is 78.8 Å². The number of hydrogen-bond acceptors (Lipinski definition) is 7. The van der Waals surface area contributed by atoms with Crippen molar-refractivity contribution >= 4 is 33.6 Å². The summed E-state index contributed by atoms with van der Waals surface area (Å²) in [6.07, 6.45) is 4.14. The molecule has 2 fully saturated rings. The molecule has 0 saturated heterocycles. The molecule has 0 radical (unpaired) electrons. The van der Waals surface area contributed by atoms with Crippen LogP contribution in [0.2, 0.25) is 0 Å². The van der Waals surface area contributed by atoms with E-state index in [4.69, 9.17) is 14.9 Å². The van der Waals surface area contributed by atoms with Crippen LogP contribution in [0.5, 0.6) is 0 Å². The van der Waals surface area contributed by atoms with Gasteiger partial charge in [-0.1, -0.05) is 125 Å². The highest BCUT2D eigenvalue weighted by molar-refractivity contribution is 6.00. The quantitative estimate of drug-likeness (QED) is 0.0468. The van der Waals surface area contributed by atoms with Crippen molar-refractivity contribution in [2.24, 2.45) is 0 Å². The van der Waals surface area contributed by atoms with Crippen molar-refractivity contribution in [3.63, 3.8) is 0 Å². The van der Waals surface area contributed by atoms with Gasteiger partial charge >= 0.3 is 0 Å². The van der Waals surface area contributed by atoms with Crippen LogP contribution in [0.1, 0.15) is 193 Å². The predicted octanol–water partition coefficient (Wildman–Crippen LogP) is 15.4. The highest BCUT2D eigenvalue weighted by Gasteiger charge is 2.51. The van der Waals surface area contributed by atoms with Gasteiger partial charge in [-0.05, 0) is 185 Å². The molecule has 4 atom stereocenters. The lowest BCUT2D eigenvalue weighted by Crippen LogP contribution is -2.26. The number of amides is 2. The van der Waals surface area contributed by atoms with Crippen LogP contribution in [0.4, 0.5) is 0 Å². The van der Waals surface area contributed by atoms with Crippen molar-refractivity contribution in [3.05, 3.63) is 212 Å². The van der Waals surface area contributed by atoms with Gasteiger partial charge < -0.3 is 24.9 Å². The van der Waals surface area contributed by atoms with E-state index >= 15 is 0 Å². The lowest BCUT2D eigenvalue weighted by Gasteiger charge is -2.22. The summed E-state index contributed by atoms with van der Waals surface area (Å²) in [6.45, 7) is 27.0. The molecule has 2 unspecified atom stereocenters. The molecule has 0 aliphatic heterocycles. The van der Waals surface area contributed by atoms with Gasteiger partial charge in [0.15, 0.2) is 0 Å². The van der Waals surface area contributed by atoms with Crippen molar-refractivity contribution in [2.45, 2.75) is 169 Å². The van der Waals surface area contributed by atoms with Crippen LogP contribution < -0.4 is 10.6 Å². The van der Waals surface area contributed by atoms with Crippen molar-refractivity contribution in [2.75, 3.05) is 14.2 Å². The van der Waals surface area contributed by atoms with E-state index in [1.54, 1.807) is 7.11 Å². The molecule has 428 valence electrons. The topological polar surface area (TPSA) is 136 Å². The summed E-state index contributed by atoms with van der Waals surface area (Å²) >= 11 is 0. The Labute approximate surface area is 480 Å². The smallest absolute Gasteiger partial charge is 0.251 e. The first kappa shape index (κ1) is 60.2. The molecule has 4 N–H and O–H groups in total. The number of aryl methyl sites for hydroxylation is 2. The summed E-state index contributed by atoms with van der Waals surface area (Å²) in [5.41, 5.74) is 18.3. The molecule has 2 aliphatic rings. The number of aromatic nitrogens is 2. The summed E-state index contributed by atoms with van der Waals surface area (Å²) in [4.78, 5) is 41.6. The van der Waals surface area contributed by atoms with Gasteiger partial charge in [-0.15, -0.1) is 0 Å². The highest BCUT2D eigenvalue weighted by atomic mass is 17.2. The lowest BCUT2D eigenvalue weighted by atomic mass is 9.90. The Bertz CT molecular complexity index is 3470. The minimum atomic E-state index is -0.207. The molecule has 2 aliphatic carbocycles. The van der Waals surface area contributed by atoms with Crippen molar-refractivity contribution in [1.82, 2.24) is 19.8 Å². The number of fused-ring (bicyclic) bond motifs is 2. The van der Waals surface area contributed by atoms with Crippen LogP contribution in [0, 0.1) is 27.7 Å². The van der Waals surface area contributed by atoms with Crippen LogP contribution in [0.3, 0.4) is 0 Å². The van der Waals surface area contributed by atoms with E-state index in [1.165, 1.54) is 55.9 Å². The molecule has 2 amide bonds. The Hall–Kier alpha value is -6.86. The highest BCUT2D eigenvalue weighted by Crippen LogP contribution is 2.53. The number of aliphatic hydroxyl groups excluding tert-OH is 1. The Balaban J connectivity index is 0.000000206. The van der Waals surface area contributed by atoms with E-state index in [-0.39, 0.29) is 46.9 Å². The van der Waals surface area contributed by atoms with Gasteiger partial charge in [0.1, 0.15) is 0 Å². The molecule has 81 heavy (non-hydrogen) atoms. The lowest BCUT2D eigenvalue weighted by molar-refractivity contribution is -0.307. The third-order valence-electron chi connectivity index (χ3n) is 17.9. The first-order chi connectivity index (χ1) is 38.8. The fourth-order valence-corrected chi connectivity index (χ4v) is 11.8. The zero-order valence-electron chi connectivity index (χ0n) is 50.2. The zero-order chi connectivity index (χ0) is 58.5. The van der Waals surface area contributed by atoms with Crippen LogP contribution in [0.25, 0.3) is 21.8 Å². The second kappa shape index (κ2) is 25.5. The molecule has 2 aromatic heterocycles. The van der Waals surface area contributed by atoms with Gasteiger partial charge in [0.25, 0.3) is 11.8 Å². The van der Waals surface area contributed by atoms with Gasteiger partial charge in [-0.3, -0.25) is 14.8 Å². The Morgan fingerprint density at radius 3 is 1.23 bits per heavy atom. The minimum Gasteiger partial charge on any atom is -0.400 e. The largest absolute Gasteiger partial charge is 0.400 e. The first-order valence-electron chi connectivity index (χ1n) is 28.9. The van der Waals surface area contributed by atoms with Crippen LogP contribution in [0.15, 0.2) is 133 Å². The SMILES string of the molecule is CO.COOC(C)C1(c2ccc(Cn3c(C)c(C)c4cc(C(=O)N[C@@H](C)c5cccc(C(C)C)c5)ccc43)cc2)CC1.Cc1c(C)n(Cc2ccc(C3(C(C)OO)CC3)cc2)c2ccc(C(=O)N[C@@H](C)c3cccc(C(C)C)c3)cc12. The second-order valence-corrected chi connectivity index (χ2v) is 23.5. The van der Waals surface area contributed by atoms with Gasteiger partial charge in [0, 0.05) is 75.3 Å². The number of carbonyl (C=O) groups is 2. The van der Waals surface area contributed by atoms with Gasteiger partial charge in [-0.2, -0.15) is 0 Å². The fourth-order valence-electron chi connectivity index (χ4n) is 11.8. The summed E-state index contributed by atoms with van der Waals surface area (Å²) < 4.78 is 4.68. The van der Waals surface area contributed by atoms with Crippen molar-refractivity contribution in [1.29, 1.82) is 0 Å². The molecular formula is C70H86N4O7.